The van der Waals surface area contributed by atoms with Crippen LogP contribution < -0.4 is 14.8 Å². The third-order valence-corrected chi connectivity index (χ3v) is 4.41. The van der Waals surface area contributed by atoms with Gasteiger partial charge in [0.2, 0.25) is 0 Å². The second-order valence-electron chi connectivity index (χ2n) is 6.00. The molecule has 1 aliphatic heterocycles. The zero-order valence-electron chi connectivity index (χ0n) is 13.3. The molecule has 0 aliphatic carbocycles. The molecule has 1 N–H and O–H groups in total. The van der Waals surface area contributed by atoms with Crippen molar-refractivity contribution in [1.29, 1.82) is 0 Å². The van der Waals surface area contributed by atoms with Gasteiger partial charge in [-0.15, -0.1) is 0 Å². The minimum Gasteiger partial charge on any atom is -0.493 e. The van der Waals surface area contributed by atoms with Gasteiger partial charge in [0.15, 0.2) is 11.5 Å². The molecule has 3 heteroatoms. The summed E-state index contributed by atoms with van der Waals surface area (Å²) >= 11 is 0. The van der Waals surface area contributed by atoms with Crippen molar-refractivity contribution >= 4 is 0 Å². The first-order valence-corrected chi connectivity index (χ1v) is 7.81. The minimum atomic E-state index is 0.0388. The molecule has 1 saturated heterocycles. The molecular weight excluding hydrogens is 274 g/mol. The Morgan fingerprint density at radius 1 is 1.09 bits per heavy atom. The summed E-state index contributed by atoms with van der Waals surface area (Å²) in [6.45, 7) is 3.87. The minimum absolute atomic E-state index is 0.0388. The lowest BCUT2D eigenvalue weighted by atomic mass is 9.90. The Kier molecular flexibility index (Phi) is 4.34. The second kappa shape index (κ2) is 6.41. The lowest BCUT2D eigenvalue weighted by Crippen LogP contribution is -2.33. The molecule has 1 aliphatic rings. The Bertz CT molecular complexity index is 619. The lowest BCUT2D eigenvalue weighted by molar-refractivity contribution is 0.283. The Hall–Kier alpha value is -2.00. The summed E-state index contributed by atoms with van der Waals surface area (Å²) in [7, 11) is 1.68. The monoisotopic (exact) mass is 297 g/mol. The van der Waals surface area contributed by atoms with Gasteiger partial charge in [-0.2, -0.15) is 0 Å². The zero-order chi connectivity index (χ0) is 15.4. The molecule has 2 aromatic rings. The Labute approximate surface area is 132 Å². The van der Waals surface area contributed by atoms with E-state index in [2.05, 4.69) is 36.5 Å². The molecule has 3 nitrogen and oxygen atoms in total. The van der Waals surface area contributed by atoms with Crippen molar-refractivity contribution in [3.05, 3.63) is 59.7 Å². The van der Waals surface area contributed by atoms with Crippen molar-refractivity contribution in [2.24, 2.45) is 0 Å². The van der Waals surface area contributed by atoms with Crippen LogP contribution in [-0.4, -0.2) is 13.7 Å². The van der Waals surface area contributed by atoms with E-state index < -0.39 is 0 Å². The summed E-state index contributed by atoms with van der Waals surface area (Å²) in [6.07, 6.45) is 2.36. The predicted molar refractivity (Wildman–Crippen MR) is 88.4 cm³/mol. The van der Waals surface area contributed by atoms with Crippen LogP contribution in [-0.2, 0) is 12.1 Å². The summed E-state index contributed by atoms with van der Waals surface area (Å²) < 4.78 is 11.4. The molecule has 0 saturated carbocycles. The first-order chi connectivity index (χ1) is 10.7. The van der Waals surface area contributed by atoms with Crippen LogP contribution in [0.1, 0.15) is 30.9 Å². The Morgan fingerprint density at radius 2 is 1.91 bits per heavy atom. The van der Waals surface area contributed by atoms with Gasteiger partial charge >= 0.3 is 0 Å². The predicted octanol–water partition coefficient (Wildman–Crippen LogP) is 3.87. The fraction of sp³-hybridized carbons (Fsp3) is 0.368. The molecule has 0 aromatic heterocycles. The normalized spacial score (nSPS) is 20.8. The van der Waals surface area contributed by atoms with Gasteiger partial charge in [-0.3, -0.25) is 0 Å². The molecule has 0 amide bonds. The smallest absolute Gasteiger partial charge is 0.162 e. The zero-order valence-corrected chi connectivity index (χ0v) is 13.3. The van der Waals surface area contributed by atoms with Gasteiger partial charge in [0, 0.05) is 5.54 Å². The quantitative estimate of drug-likeness (QED) is 0.908. The van der Waals surface area contributed by atoms with Crippen molar-refractivity contribution in [2.75, 3.05) is 13.7 Å². The molecule has 0 bridgehead atoms. The largest absolute Gasteiger partial charge is 0.493 e. The first kappa shape index (κ1) is 14.9. The Morgan fingerprint density at radius 3 is 2.59 bits per heavy atom. The fourth-order valence-electron chi connectivity index (χ4n) is 3.01. The molecule has 2 aromatic carbocycles. The molecule has 3 rings (SSSR count). The van der Waals surface area contributed by atoms with Gasteiger partial charge < -0.3 is 14.8 Å². The highest BCUT2D eigenvalue weighted by atomic mass is 16.5. The SMILES string of the molecule is COc1ccc(C2(C)CCCN2)cc1OCc1ccccc1. The number of hydrogen-bond donors (Lipinski definition) is 1. The summed E-state index contributed by atoms with van der Waals surface area (Å²) in [6, 6.07) is 16.4. The van der Waals surface area contributed by atoms with E-state index in [0.29, 0.717) is 6.61 Å². The van der Waals surface area contributed by atoms with E-state index in [0.717, 1.165) is 30.0 Å². The average molecular weight is 297 g/mol. The summed E-state index contributed by atoms with van der Waals surface area (Å²) in [5, 5.41) is 3.59. The van der Waals surface area contributed by atoms with Crippen molar-refractivity contribution in [3.63, 3.8) is 0 Å². The van der Waals surface area contributed by atoms with Crippen LogP contribution >= 0.6 is 0 Å². The highest BCUT2D eigenvalue weighted by Gasteiger charge is 2.30. The van der Waals surface area contributed by atoms with Crippen LogP contribution in [0.5, 0.6) is 11.5 Å². The molecule has 0 radical (unpaired) electrons. The van der Waals surface area contributed by atoms with Crippen LogP contribution in [0, 0.1) is 0 Å². The van der Waals surface area contributed by atoms with Gasteiger partial charge in [0.25, 0.3) is 0 Å². The third kappa shape index (κ3) is 3.09. The molecule has 1 atom stereocenters. The standard InChI is InChI=1S/C19H23NO2/c1-19(11-6-12-20-19)16-9-10-17(21-2)18(13-16)22-14-15-7-4-3-5-8-15/h3-5,7-10,13,20H,6,11-12,14H2,1-2H3. The van der Waals surface area contributed by atoms with Crippen molar-refractivity contribution in [1.82, 2.24) is 5.32 Å². The van der Waals surface area contributed by atoms with Crippen LogP contribution in [0.2, 0.25) is 0 Å². The molecular formula is C19H23NO2. The topological polar surface area (TPSA) is 30.5 Å². The summed E-state index contributed by atoms with van der Waals surface area (Å²) in [5.74, 6) is 1.58. The highest BCUT2D eigenvalue weighted by molar-refractivity contribution is 5.45. The maximum absolute atomic E-state index is 6.01. The summed E-state index contributed by atoms with van der Waals surface area (Å²) in [4.78, 5) is 0. The molecule has 22 heavy (non-hydrogen) atoms. The van der Waals surface area contributed by atoms with Gasteiger partial charge in [-0.25, -0.2) is 0 Å². The number of nitrogens with one attached hydrogen (secondary N) is 1. The van der Waals surface area contributed by atoms with Gasteiger partial charge in [-0.05, 0) is 49.6 Å². The molecule has 0 spiro atoms. The van der Waals surface area contributed by atoms with Crippen LogP contribution in [0.25, 0.3) is 0 Å². The van der Waals surface area contributed by atoms with E-state index in [9.17, 15) is 0 Å². The van der Waals surface area contributed by atoms with Crippen LogP contribution in [0.15, 0.2) is 48.5 Å². The summed E-state index contributed by atoms with van der Waals surface area (Å²) in [5.41, 5.74) is 2.45. The van der Waals surface area contributed by atoms with E-state index in [1.165, 1.54) is 12.0 Å². The fourth-order valence-corrected chi connectivity index (χ4v) is 3.01. The van der Waals surface area contributed by atoms with Crippen LogP contribution in [0.3, 0.4) is 0 Å². The first-order valence-electron chi connectivity index (χ1n) is 7.81. The van der Waals surface area contributed by atoms with Gasteiger partial charge in [0.1, 0.15) is 6.61 Å². The molecule has 1 fully saturated rings. The number of rotatable bonds is 5. The van der Waals surface area contributed by atoms with E-state index in [1.54, 1.807) is 7.11 Å². The lowest BCUT2D eigenvalue weighted by Gasteiger charge is -2.26. The van der Waals surface area contributed by atoms with Gasteiger partial charge in [-0.1, -0.05) is 36.4 Å². The third-order valence-electron chi connectivity index (χ3n) is 4.41. The maximum atomic E-state index is 6.01. The van der Waals surface area contributed by atoms with E-state index >= 15 is 0 Å². The average Bonchev–Trinajstić information content (AvgIpc) is 3.01. The maximum Gasteiger partial charge on any atom is 0.162 e. The van der Waals surface area contributed by atoms with Crippen molar-refractivity contribution in [2.45, 2.75) is 31.9 Å². The molecule has 1 heterocycles. The van der Waals surface area contributed by atoms with Crippen molar-refractivity contribution < 1.29 is 9.47 Å². The van der Waals surface area contributed by atoms with E-state index in [-0.39, 0.29) is 5.54 Å². The van der Waals surface area contributed by atoms with Gasteiger partial charge in [0.05, 0.1) is 7.11 Å². The number of methoxy groups -OCH3 is 1. The number of ether oxygens (including phenoxy) is 2. The van der Waals surface area contributed by atoms with E-state index in [4.69, 9.17) is 9.47 Å². The number of hydrogen-bond acceptors (Lipinski definition) is 3. The highest BCUT2D eigenvalue weighted by Crippen LogP contribution is 2.36. The molecule has 1 unspecified atom stereocenters. The van der Waals surface area contributed by atoms with Crippen molar-refractivity contribution in [3.8, 4) is 11.5 Å². The van der Waals surface area contributed by atoms with E-state index in [1.807, 2.05) is 24.3 Å². The Balaban J connectivity index is 1.82. The second-order valence-corrected chi connectivity index (χ2v) is 6.00. The van der Waals surface area contributed by atoms with Crippen LogP contribution in [0.4, 0.5) is 0 Å². The molecule has 116 valence electrons. The number of benzene rings is 2.